The number of pyridine rings is 1. The van der Waals surface area contributed by atoms with Gasteiger partial charge in [0.25, 0.3) is 0 Å². The Kier molecular flexibility index (Phi) is 4.98. The number of hydrogen-bond donors (Lipinski definition) is 2. The fraction of sp³-hybridized carbons (Fsp3) is 0.500. The van der Waals surface area contributed by atoms with Crippen LogP contribution in [0, 0.1) is 0 Å². The number of hydrazine groups is 1. The van der Waals surface area contributed by atoms with E-state index in [-0.39, 0.29) is 6.04 Å². The maximum Gasteiger partial charge on any atom is 0.0621 e. The Hall–Kier alpha value is -0.680. The molecule has 0 radical (unpaired) electrons. The molecule has 0 aliphatic carbocycles. The zero-order valence-corrected chi connectivity index (χ0v) is 9.83. The molecule has 1 atom stereocenters. The van der Waals surface area contributed by atoms with Crippen molar-refractivity contribution >= 4 is 11.6 Å². The third kappa shape index (κ3) is 4.13. The van der Waals surface area contributed by atoms with Crippen molar-refractivity contribution in [2.45, 2.75) is 12.5 Å². The first-order valence-corrected chi connectivity index (χ1v) is 5.20. The van der Waals surface area contributed by atoms with Crippen molar-refractivity contribution in [1.29, 1.82) is 0 Å². The molecule has 0 saturated heterocycles. The molecule has 1 unspecified atom stereocenters. The fourth-order valence-electron chi connectivity index (χ4n) is 1.45. The van der Waals surface area contributed by atoms with E-state index in [1.54, 1.807) is 12.4 Å². The summed E-state index contributed by atoms with van der Waals surface area (Å²) in [6.07, 6.45) is 4.20. The van der Waals surface area contributed by atoms with Gasteiger partial charge >= 0.3 is 0 Å². The van der Waals surface area contributed by atoms with Gasteiger partial charge in [-0.1, -0.05) is 11.6 Å². The minimum absolute atomic E-state index is 0.194. The second-order valence-electron chi connectivity index (χ2n) is 3.80. The number of nitrogens with zero attached hydrogens (tertiary/aromatic N) is 2. The van der Waals surface area contributed by atoms with Crippen LogP contribution in [0.15, 0.2) is 18.5 Å². The third-order valence-corrected chi connectivity index (χ3v) is 2.48. The summed E-state index contributed by atoms with van der Waals surface area (Å²) >= 11 is 6.02. The summed E-state index contributed by atoms with van der Waals surface area (Å²) in [7, 11) is 4.02. The normalized spacial score (nSPS) is 13.1. The molecule has 1 rings (SSSR count). The van der Waals surface area contributed by atoms with Crippen LogP contribution in [-0.2, 0) is 6.42 Å². The van der Waals surface area contributed by atoms with Gasteiger partial charge in [0, 0.05) is 25.0 Å². The van der Waals surface area contributed by atoms with Gasteiger partial charge in [-0.2, -0.15) is 0 Å². The van der Waals surface area contributed by atoms with E-state index in [0.717, 1.165) is 18.5 Å². The molecule has 1 aromatic heterocycles. The number of nitrogens with one attached hydrogen (secondary N) is 1. The highest BCUT2D eigenvalue weighted by atomic mass is 35.5. The van der Waals surface area contributed by atoms with Crippen LogP contribution in [0.25, 0.3) is 0 Å². The number of nitrogens with two attached hydrogens (primary N) is 1. The summed E-state index contributed by atoms with van der Waals surface area (Å²) in [5.41, 5.74) is 3.85. The Morgan fingerprint density at radius 2 is 2.33 bits per heavy atom. The van der Waals surface area contributed by atoms with Gasteiger partial charge in [0.2, 0.25) is 0 Å². The largest absolute Gasteiger partial charge is 0.308 e. The van der Waals surface area contributed by atoms with Gasteiger partial charge in [-0.05, 0) is 32.1 Å². The molecule has 4 nitrogen and oxygen atoms in total. The monoisotopic (exact) mass is 228 g/mol. The highest BCUT2D eigenvalue weighted by molar-refractivity contribution is 6.31. The second kappa shape index (κ2) is 6.02. The molecule has 0 aromatic carbocycles. The zero-order valence-electron chi connectivity index (χ0n) is 9.07. The zero-order chi connectivity index (χ0) is 11.3. The van der Waals surface area contributed by atoms with Crippen LogP contribution in [0.2, 0.25) is 5.02 Å². The van der Waals surface area contributed by atoms with Crippen molar-refractivity contribution in [1.82, 2.24) is 15.3 Å². The molecule has 84 valence electrons. The van der Waals surface area contributed by atoms with Gasteiger partial charge in [0.05, 0.1) is 5.02 Å². The predicted octanol–water partition coefficient (Wildman–Crippen LogP) is 0.671. The summed E-state index contributed by atoms with van der Waals surface area (Å²) in [5, 5.41) is 0.691. The Balaban J connectivity index is 2.62. The SMILES string of the molecule is CN(C)CC(Cc1ccncc1Cl)NN. The van der Waals surface area contributed by atoms with E-state index in [0.29, 0.717) is 5.02 Å². The summed E-state index contributed by atoms with van der Waals surface area (Å²) in [4.78, 5) is 6.03. The number of halogens is 1. The van der Waals surface area contributed by atoms with Gasteiger partial charge in [0.15, 0.2) is 0 Å². The molecule has 1 heterocycles. The van der Waals surface area contributed by atoms with Crippen LogP contribution < -0.4 is 11.3 Å². The van der Waals surface area contributed by atoms with E-state index in [1.165, 1.54) is 0 Å². The molecule has 0 amide bonds. The van der Waals surface area contributed by atoms with Crippen LogP contribution in [0.3, 0.4) is 0 Å². The molecule has 0 bridgehead atoms. The molecule has 0 aliphatic heterocycles. The standard InChI is InChI=1S/C10H17ClN4/c1-15(2)7-9(14-12)5-8-3-4-13-6-10(8)11/h3-4,6,9,14H,5,7,12H2,1-2H3. The smallest absolute Gasteiger partial charge is 0.0621 e. The van der Waals surface area contributed by atoms with Crippen LogP contribution in [-0.4, -0.2) is 36.6 Å². The average molecular weight is 229 g/mol. The third-order valence-electron chi connectivity index (χ3n) is 2.14. The highest BCUT2D eigenvalue weighted by Crippen LogP contribution is 2.15. The lowest BCUT2D eigenvalue weighted by molar-refractivity contribution is 0.338. The second-order valence-corrected chi connectivity index (χ2v) is 4.20. The van der Waals surface area contributed by atoms with Crippen molar-refractivity contribution in [3.63, 3.8) is 0 Å². The van der Waals surface area contributed by atoms with Crippen LogP contribution >= 0.6 is 11.6 Å². The van der Waals surface area contributed by atoms with Gasteiger partial charge in [-0.3, -0.25) is 16.3 Å². The maximum absolute atomic E-state index is 6.02. The molecule has 0 fully saturated rings. The molecule has 1 aromatic rings. The van der Waals surface area contributed by atoms with Crippen molar-refractivity contribution < 1.29 is 0 Å². The van der Waals surface area contributed by atoms with Crippen molar-refractivity contribution in [2.75, 3.05) is 20.6 Å². The lowest BCUT2D eigenvalue weighted by Gasteiger charge is -2.20. The molecule has 0 aliphatic rings. The topological polar surface area (TPSA) is 54.2 Å². The maximum atomic E-state index is 6.02. The Bertz CT molecular complexity index is 303. The van der Waals surface area contributed by atoms with Crippen molar-refractivity contribution in [3.05, 3.63) is 29.0 Å². The first kappa shape index (κ1) is 12.4. The number of rotatable bonds is 5. The first-order valence-electron chi connectivity index (χ1n) is 4.82. The molecule has 5 heteroatoms. The lowest BCUT2D eigenvalue weighted by Crippen LogP contribution is -2.43. The van der Waals surface area contributed by atoms with Crippen molar-refractivity contribution in [2.24, 2.45) is 5.84 Å². The minimum Gasteiger partial charge on any atom is -0.308 e. The Morgan fingerprint density at radius 3 is 2.87 bits per heavy atom. The quantitative estimate of drug-likeness (QED) is 0.575. The van der Waals surface area contributed by atoms with E-state index in [9.17, 15) is 0 Å². The Labute approximate surface area is 95.4 Å². The molecule has 3 N–H and O–H groups in total. The molecular weight excluding hydrogens is 212 g/mol. The van der Waals surface area contributed by atoms with Gasteiger partial charge in [-0.15, -0.1) is 0 Å². The molecule has 0 saturated carbocycles. The van der Waals surface area contributed by atoms with Gasteiger partial charge in [0.1, 0.15) is 0 Å². The lowest BCUT2D eigenvalue weighted by atomic mass is 10.1. The van der Waals surface area contributed by atoms with Crippen LogP contribution in [0.4, 0.5) is 0 Å². The number of aromatic nitrogens is 1. The summed E-state index contributed by atoms with van der Waals surface area (Å²) in [5.74, 6) is 5.48. The van der Waals surface area contributed by atoms with Crippen LogP contribution in [0.5, 0.6) is 0 Å². The van der Waals surface area contributed by atoms with E-state index in [2.05, 4.69) is 15.3 Å². The number of likely N-dealkylation sites (N-methyl/N-ethyl adjacent to an activating group) is 1. The van der Waals surface area contributed by atoms with Gasteiger partial charge in [-0.25, -0.2) is 0 Å². The fourth-order valence-corrected chi connectivity index (χ4v) is 1.65. The summed E-state index contributed by atoms with van der Waals surface area (Å²) in [6.45, 7) is 0.870. The highest BCUT2D eigenvalue weighted by Gasteiger charge is 2.10. The molecular formula is C10H17ClN4. The van der Waals surface area contributed by atoms with E-state index >= 15 is 0 Å². The summed E-state index contributed by atoms with van der Waals surface area (Å²) in [6, 6.07) is 2.11. The predicted molar refractivity (Wildman–Crippen MR) is 62.6 cm³/mol. The summed E-state index contributed by atoms with van der Waals surface area (Å²) < 4.78 is 0. The molecule has 0 spiro atoms. The Morgan fingerprint density at radius 1 is 1.60 bits per heavy atom. The molecule has 15 heavy (non-hydrogen) atoms. The van der Waals surface area contributed by atoms with E-state index in [4.69, 9.17) is 17.4 Å². The van der Waals surface area contributed by atoms with E-state index < -0.39 is 0 Å². The average Bonchev–Trinajstić information content (AvgIpc) is 2.19. The van der Waals surface area contributed by atoms with Crippen molar-refractivity contribution in [3.8, 4) is 0 Å². The van der Waals surface area contributed by atoms with E-state index in [1.807, 2.05) is 20.2 Å². The number of hydrogen-bond acceptors (Lipinski definition) is 4. The minimum atomic E-state index is 0.194. The van der Waals surface area contributed by atoms with Crippen LogP contribution in [0.1, 0.15) is 5.56 Å². The van der Waals surface area contributed by atoms with Gasteiger partial charge < -0.3 is 4.90 Å². The first-order chi connectivity index (χ1) is 7.13.